The second-order valence-electron chi connectivity index (χ2n) is 6.01. The number of H-pyrrole nitrogens is 1. The highest BCUT2D eigenvalue weighted by molar-refractivity contribution is 6.05. The van der Waals surface area contributed by atoms with E-state index in [0.29, 0.717) is 23.9 Å². The van der Waals surface area contributed by atoms with E-state index >= 15 is 0 Å². The van der Waals surface area contributed by atoms with Crippen LogP contribution in [0.1, 0.15) is 30.1 Å². The first kappa shape index (κ1) is 15.3. The van der Waals surface area contributed by atoms with Crippen LogP contribution >= 0.6 is 0 Å². The van der Waals surface area contributed by atoms with Crippen LogP contribution in [0.5, 0.6) is 0 Å². The Hall–Kier alpha value is -2.63. The number of nitrogens with one attached hydrogen (secondary N) is 1. The lowest BCUT2D eigenvalue weighted by atomic mass is 9.92. The van der Waals surface area contributed by atoms with Crippen molar-refractivity contribution < 1.29 is 14.7 Å². The molecular formula is C17H18N2O4. The van der Waals surface area contributed by atoms with Crippen molar-refractivity contribution in [3.63, 3.8) is 0 Å². The van der Waals surface area contributed by atoms with Crippen molar-refractivity contribution >= 4 is 22.8 Å². The molecule has 3 rings (SSSR count). The topological polar surface area (TPSA) is 90.5 Å². The number of carbonyl (C=O) groups is 2. The molecule has 1 saturated heterocycles. The number of piperidine rings is 1. The Morgan fingerprint density at radius 1 is 1.22 bits per heavy atom. The van der Waals surface area contributed by atoms with Gasteiger partial charge in [-0.2, -0.15) is 0 Å². The Morgan fingerprint density at radius 3 is 2.74 bits per heavy atom. The number of para-hydroxylation sites is 1. The highest BCUT2D eigenvalue weighted by atomic mass is 16.4. The summed E-state index contributed by atoms with van der Waals surface area (Å²) in [6.45, 7) is 2.12. The molecule has 1 aliphatic rings. The minimum Gasteiger partial charge on any atom is -0.481 e. The third-order valence-electron chi connectivity index (χ3n) is 4.48. The number of rotatable bonds is 2. The number of fused-ring (bicyclic) bond motifs is 1. The number of aromatic nitrogens is 1. The maximum Gasteiger partial charge on any atom is 0.308 e. The van der Waals surface area contributed by atoms with Crippen molar-refractivity contribution in [3.05, 3.63) is 46.2 Å². The molecular weight excluding hydrogens is 296 g/mol. The summed E-state index contributed by atoms with van der Waals surface area (Å²) in [5.41, 5.74) is 0.626. The van der Waals surface area contributed by atoms with E-state index in [4.69, 9.17) is 0 Å². The molecule has 6 nitrogen and oxygen atoms in total. The van der Waals surface area contributed by atoms with E-state index in [9.17, 15) is 19.5 Å². The van der Waals surface area contributed by atoms with Crippen LogP contribution in [0.3, 0.4) is 0 Å². The summed E-state index contributed by atoms with van der Waals surface area (Å²) in [4.78, 5) is 40.0. The molecule has 120 valence electrons. The molecule has 2 N–H and O–H groups in total. The second kappa shape index (κ2) is 5.87. The minimum atomic E-state index is -0.874. The molecule has 6 heteroatoms. The van der Waals surface area contributed by atoms with E-state index in [1.807, 2.05) is 13.0 Å². The highest BCUT2D eigenvalue weighted by Gasteiger charge is 2.33. The maximum atomic E-state index is 12.9. The largest absolute Gasteiger partial charge is 0.481 e. The van der Waals surface area contributed by atoms with Gasteiger partial charge in [-0.1, -0.05) is 12.1 Å². The van der Waals surface area contributed by atoms with Crippen molar-refractivity contribution in [1.82, 2.24) is 9.88 Å². The Kier molecular flexibility index (Phi) is 3.90. The summed E-state index contributed by atoms with van der Waals surface area (Å²) in [5, 5.41) is 9.99. The third-order valence-corrected chi connectivity index (χ3v) is 4.48. The lowest BCUT2D eigenvalue weighted by Gasteiger charge is -2.36. The lowest BCUT2D eigenvalue weighted by molar-refractivity contribution is -0.143. The molecule has 2 aromatic rings. The first-order valence-electron chi connectivity index (χ1n) is 7.63. The number of nitrogens with zero attached hydrogens (tertiary/aromatic N) is 1. The van der Waals surface area contributed by atoms with E-state index < -0.39 is 11.9 Å². The molecule has 1 aromatic carbocycles. The van der Waals surface area contributed by atoms with Gasteiger partial charge < -0.3 is 15.0 Å². The van der Waals surface area contributed by atoms with Crippen molar-refractivity contribution in [2.24, 2.45) is 5.92 Å². The fourth-order valence-electron chi connectivity index (χ4n) is 3.10. The average Bonchev–Trinajstić information content (AvgIpc) is 2.53. The number of hydrogen-bond donors (Lipinski definition) is 2. The fourth-order valence-corrected chi connectivity index (χ4v) is 3.10. The minimum absolute atomic E-state index is 0.0243. The zero-order valence-electron chi connectivity index (χ0n) is 12.8. The van der Waals surface area contributed by atoms with Gasteiger partial charge in [0.15, 0.2) is 0 Å². The average molecular weight is 314 g/mol. The van der Waals surface area contributed by atoms with Crippen molar-refractivity contribution in [3.8, 4) is 0 Å². The Balaban J connectivity index is 2.01. The van der Waals surface area contributed by atoms with Gasteiger partial charge in [0.05, 0.1) is 17.0 Å². The second-order valence-corrected chi connectivity index (χ2v) is 6.01. The van der Waals surface area contributed by atoms with E-state index in [-0.39, 0.29) is 24.1 Å². The molecule has 2 unspecified atom stereocenters. The monoisotopic (exact) mass is 314 g/mol. The predicted molar refractivity (Wildman–Crippen MR) is 85.4 cm³/mol. The van der Waals surface area contributed by atoms with Crippen LogP contribution in [-0.4, -0.2) is 39.5 Å². The number of carboxylic acid groups (broad SMARTS) is 1. The first-order valence-corrected chi connectivity index (χ1v) is 7.63. The number of carbonyl (C=O) groups excluding carboxylic acids is 1. The van der Waals surface area contributed by atoms with Crippen LogP contribution in [0.15, 0.2) is 35.1 Å². The van der Waals surface area contributed by atoms with Crippen LogP contribution in [0, 0.1) is 5.92 Å². The fraction of sp³-hybridized carbons (Fsp3) is 0.353. The number of amides is 1. The number of likely N-dealkylation sites (tertiary alicyclic amines) is 1. The van der Waals surface area contributed by atoms with Crippen LogP contribution < -0.4 is 5.56 Å². The summed E-state index contributed by atoms with van der Waals surface area (Å²) in [6, 6.07) is 8.31. The van der Waals surface area contributed by atoms with E-state index in [1.165, 1.54) is 6.07 Å². The van der Waals surface area contributed by atoms with Crippen LogP contribution in [-0.2, 0) is 4.79 Å². The Bertz CT molecular complexity index is 827. The summed E-state index contributed by atoms with van der Waals surface area (Å²) in [5.74, 6) is -1.65. The number of aromatic amines is 1. The third kappa shape index (κ3) is 2.84. The molecule has 2 heterocycles. The van der Waals surface area contributed by atoms with E-state index in [1.54, 1.807) is 23.1 Å². The molecule has 2 atom stereocenters. The molecule has 1 amide bonds. The molecule has 0 spiro atoms. The summed E-state index contributed by atoms with van der Waals surface area (Å²) in [7, 11) is 0. The van der Waals surface area contributed by atoms with Gasteiger partial charge in [0.25, 0.3) is 5.91 Å². The van der Waals surface area contributed by atoms with Crippen LogP contribution in [0.25, 0.3) is 10.9 Å². The smallest absolute Gasteiger partial charge is 0.308 e. The molecule has 1 aliphatic heterocycles. The number of pyridine rings is 1. The summed E-state index contributed by atoms with van der Waals surface area (Å²) >= 11 is 0. The molecule has 0 saturated carbocycles. The van der Waals surface area contributed by atoms with Crippen molar-refractivity contribution in [2.45, 2.75) is 25.8 Å². The highest BCUT2D eigenvalue weighted by Crippen LogP contribution is 2.25. The van der Waals surface area contributed by atoms with Crippen molar-refractivity contribution in [1.29, 1.82) is 0 Å². The molecule has 1 aromatic heterocycles. The first-order chi connectivity index (χ1) is 11.0. The SMILES string of the molecule is CC1CCC(C(=O)O)CN1C(=O)c1cccc2ccc(=O)[nH]c12. The van der Waals surface area contributed by atoms with Crippen molar-refractivity contribution in [2.75, 3.05) is 6.54 Å². The van der Waals surface area contributed by atoms with E-state index in [2.05, 4.69) is 4.98 Å². The van der Waals surface area contributed by atoms with Gasteiger partial charge in [0.2, 0.25) is 5.56 Å². The van der Waals surface area contributed by atoms with Gasteiger partial charge in [0, 0.05) is 18.7 Å². The Labute approximate surface area is 132 Å². The maximum absolute atomic E-state index is 12.9. The molecule has 0 bridgehead atoms. The summed E-state index contributed by atoms with van der Waals surface area (Å²) in [6.07, 6.45) is 1.23. The van der Waals surface area contributed by atoms with Gasteiger partial charge in [-0.05, 0) is 37.3 Å². The molecule has 1 fully saturated rings. The Morgan fingerprint density at radius 2 is 2.00 bits per heavy atom. The van der Waals surface area contributed by atoms with Crippen LogP contribution in [0.4, 0.5) is 0 Å². The molecule has 23 heavy (non-hydrogen) atoms. The normalized spacial score (nSPS) is 21.3. The number of hydrogen-bond acceptors (Lipinski definition) is 3. The van der Waals surface area contributed by atoms with E-state index in [0.717, 1.165) is 5.39 Å². The predicted octanol–water partition coefficient (Wildman–Crippen LogP) is 1.85. The summed E-state index contributed by atoms with van der Waals surface area (Å²) < 4.78 is 0. The van der Waals surface area contributed by atoms with Gasteiger partial charge in [0.1, 0.15) is 0 Å². The van der Waals surface area contributed by atoms with Gasteiger partial charge >= 0.3 is 5.97 Å². The number of carboxylic acids is 1. The molecule has 0 aliphatic carbocycles. The number of benzene rings is 1. The van der Waals surface area contributed by atoms with Crippen LogP contribution in [0.2, 0.25) is 0 Å². The number of aliphatic carboxylic acids is 1. The zero-order valence-corrected chi connectivity index (χ0v) is 12.8. The quantitative estimate of drug-likeness (QED) is 0.885. The standard InChI is InChI=1S/C17H18N2O4/c1-10-5-6-12(17(22)23)9-19(10)16(21)13-4-2-3-11-7-8-14(20)18-15(11)13/h2-4,7-8,10,12H,5-6,9H2,1H3,(H,18,20)(H,22,23). The van der Waals surface area contributed by atoms with Gasteiger partial charge in [-0.25, -0.2) is 0 Å². The molecule has 0 radical (unpaired) electrons. The van der Waals surface area contributed by atoms with Gasteiger partial charge in [-0.3, -0.25) is 14.4 Å². The lowest BCUT2D eigenvalue weighted by Crippen LogP contribution is -2.47. The zero-order chi connectivity index (χ0) is 16.6. The van der Waals surface area contributed by atoms with Gasteiger partial charge in [-0.15, -0.1) is 0 Å².